The fourth-order valence-electron chi connectivity index (χ4n) is 4.35. The Hall–Kier alpha value is -0.310. The summed E-state index contributed by atoms with van der Waals surface area (Å²) in [6.07, 6.45) is 11.5. The number of nitrogens with two attached hydrogens (primary N) is 1. The van der Waals surface area contributed by atoms with Gasteiger partial charge in [-0.2, -0.15) is 0 Å². The molecular weight excluding hydrogens is 252 g/mol. The molecule has 2 fully saturated rings. The van der Waals surface area contributed by atoms with Gasteiger partial charge >= 0.3 is 0 Å². The van der Waals surface area contributed by atoms with Crippen molar-refractivity contribution in [2.24, 2.45) is 29.4 Å². The van der Waals surface area contributed by atoms with Gasteiger partial charge in [0.2, 0.25) is 0 Å². The minimum Gasteiger partial charge on any atom is -0.376 e. The Morgan fingerprint density at radius 1 is 1.26 bits per heavy atom. The molecule has 4 atom stereocenters. The Bertz CT molecular complexity index is 305. The number of nitrogens with zero attached hydrogens (tertiary/aromatic N) is 1. The molecule has 2 N–H and O–H groups in total. The van der Waals surface area contributed by atoms with Crippen LogP contribution >= 0.6 is 12.2 Å². The van der Waals surface area contributed by atoms with E-state index in [9.17, 15) is 0 Å². The molecule has 2 rings (SSSR count). The molecule has 0 aromatic rings. The van der Waals surface area contributed by atoms with Crippen LogP contribution in [-0.4, -0.2) is 23.6 Å². The molecule has 0 saturated heterocycles. The third-order valence-electron chi connectivity index (χ3n) is 5.70. The van der Waals surface area contributed by atoms with Crippen molar-refractivity contribution in [3.63, 3.8) is 0 Å². The lowest BCUT2D eigenvalue weighted by atomic mass is 9.62. The van der Waals surface area contributed by atoms with Gasteiger partial charge in [0, 0.05) is 13.6 Å². The normalized spacial score (nSPS) is 34.6. The smallest absolute Gasteiger partial charge is 0.166 e. The van der Waals surface area contributed by atoms with E-state index in [0.29, 0.717) is 5.11 Å². The molecule has 0 heterocycles. The van der Waals surface area contributed by atoms with Crippen molar-refractivity contribution >= 4 is 17.3 Å². The second kappa shape index (κ2) is 6.92. The van der Waals surface area contributed by atoms with Gasteiger partial charge in [0.1, 0.15) is 0 Å². The van der Waals surface area contributed by atoms with Crippen LogP contribution in [0.2, 0.25) is 0 Å². The molecule has 19 heavy (non-hydrogen) atoms. The summed E-state index contributed by atoms with van der Waals surface area (Å²) in [7, 11) is 2.03. The zero-order valence-corrected chi connectivity index (χ0v) is 13.4. The SMILES string of the molecule is CCC1CCC2CCCC(CCN(C)C(N)=S)C2C1. The fraction of sp³-hybridized carbons (Fsp3) is 0.938. The second-order valence-corrected chi connectivity index (χ2v) is 7.17. The lowest BCUT2D eigenvalue weighted by Crippen LogP contribution is -2.38. The summed E-state index contributed by atoms with van der Waals surface area (Å²) >= 11 is 5.04. The highest BCUT2D eigenvalue weighted by Crippen LogP contribution is 2.47. The molecule has 0 aromatic heterocycles. The van der Waals surface area contributed by atoms with E-state index >= 15 is 0 Å². The molecule has 0 bridgehead atoms. The van der Waals surface area contributed by atoms with Gasteiger partial charge in [-0.05, 0) is 55.2 Å². The molecule has 0 amide bonds. The zero-order valence-electron chi connectivity index (χ0n) is 12.6. The van der Waals surface area contributed by atoms with Crippen molar-refractivity contribution in [2.45, 2.75) is 58.3 Å². The molecular formula is C16H30N2S. The monoisotopic (exact) mass is 282 g/mol. The van der Waals surface area contributed by atoms with Crippen molar-refractivity contribution < 1.29 is 0 Å². The quantitative estimate of drug-likeness (QED) is 0.795. The Balaban J connectivity index is 1.89. The summed E-state index contributed by atoms with van der Waals surface area (Å²) in [6.45, 7) is 3.41. The number of hydrogen-bond acceptors (Lipinski definition) is 1. The van der Waals surface area contributed by atoms with Crippen LogP contribution in [0.25, 0.3) is 0 Å². The third kappa shape index (κ3) is 3.84. The topological polar surface area (TPSA) is 29.3 Å². The molecule has 4 unspecified atom stereocenters. The first-order valence-electron chi connectivity index (χ1n) is 8.12. The van der Waals surface area contributed by atoms with Gasteiger partial charge < -0.3 is 10.6 Å². The number of hydrogen-bond donors (Lipinski definition) is 1. The summed E-state index contributed by atoms with van der Waals surface area (Å²) in [5.74, 6) is 3.93. The molecule has 110 valence electrons. The van der Waals surface area contributed by atoms with Crippen molar-refractivity contribution in [1.82, 2.24) is 4.90 Å². The van der Waals surface area contributed by atoms with Gasteiger partial charge in [-0.3, -0.25) is 0 Å². The molecule has 0 aliphatic heterocycles. The van der Waals surface area contributed by atoms with Crippen LogP contribution in [0.3, 0.4) is 0 Å². The predicted molar refractivity (Wildman–Crippen MR) is 86.0 cm³/mol. The van der Waals surface area contributed by atoms with Gasteiger partial charge in [0.25, 0.3) is 0 Å². The minimum atomic E-state index is 0.544. The van der Waals surface area contributed by atoms with Crippen LogP contribution in [0.4, 0.5) is 0 Å². The summed E-state index contributed by atoms with van der Waals surface area (Å²) in [6, 6.07) is 0. The van der Waals surface area contributed by atoms with Crippen LogP contribution < -0.4 is 5.73 Å². The number of rotatable bonds is 4. The highest BCUT2D eigenvalue weighted by atomic mass is 32.1. The van der Waals surface area contributed by atoms with E-state index in [0.717, 1.165) is 30.2 Å². The molecule has 2 nitrogen and oxygen atoms in total. The van der Waals surface area contributed by atoms with Crippen molar-refractivity contribution in [3.05, 3.63) is 0 Å². The van der Waals surface area contributed by atoms with Gasteiger partial charge in [-0.1, -0.05) is 39.0 Å². The molecule has 0 radical (unpaired) electrons. The molecule has 0 spiro atoms. The van der Waals surface area contributed by atoms with Crippen LogP contribution in [0.1, 0.15) is 58.3 Å². The van der Waals surface area contributed by atoms with Gasteiger partial charge in [-0.25, -0.2) is 0 Å². The lowest BCUT2D eigenvalue weighted by molar-refractivity contribution is 0.0657. The average Bonchev–Trinajstić information content (AvgIpc) is 2.43. The average molecular weight is 282 g/mol. The first-order valence-corrected chi connectivity index (χ1v) is 8.53. The van der Waals surface area contributed by atoms with E-state index in [1.54, 1.807) is 0 Å². The maximum absolute atomic E-state index is 5.68. The van der Waals surface area contributed by atoms with E-state index in [-0.39, 0.29) is 0 Å². The van der Waals surface area contributed by atoms with Crippen molar-refractivity contribution in [3.8, 4) is 0 Å². The summed E-state index contributed by atoms with van der Waals surface area (Å²) in [5.41, 5.74) is 5.68. The second-order valence-electron chi connectivity index (χ2n) is 6.75. The van der Waals surface area contributed by atoms with Crippen LogP contribution in [0.5, 0.6) is 0 Å². The minimum absolute atomic E-state index is 0.544. The maximum atomic E-state index is 5.68. The van der Waals surface area contributed by atoms with E-state index in [1.807, 2.05) is 11.9 Å². The van der Waals surface area contributed by atoms with E-state index in [2.05, 4.69) is 6.92 Å². The Kier molecular flexibility index (Phi) is 5.49. The van der Waals surface area contributed by atoms with Crippen molar-refractivity contribution in [2.75, 3.05) is 13.6 Å². The van der Waals surface area contributed by atoms with Crippen molar-refractivity contribution in [1.29, 1.82) is 0 Å². The van der Waals surface area contributed by atoms with Gasteiger partial charge in [0.15, 0.2) is 5.11 Å². The summed E-state index contributed by atoms with van der Waals surface area (Å²) in [5, 5.41) is 0.544. The summed E-state index contributed by atoms with van der Waals surface area (Å²) < 4.78 is 0. The third-order valence-corrected chi connectivity index (χ3v) is 6.01. The van der Waals surface area contributed by atoms with Crippen LogP contribution in [-0.2, 0) is 0 Å². The van der Waals surface area contributed by atoms with E-state index in [1.165, 1.54) is 51.4 Å². The molecule has 2 aliphatic carbocycles. The zero-order chi connectivity index (χ0) is 13.8. The Labute approximate surface area is 124 Å². The molecule has 3 heteroatoms. The maximum Gasteiger partial charge on any atom is 0.166 e. The van der Waals surface area contributed by atoms with Crippen LogP contribution in [0.15, 0.2) is 0 Å². The van der Waals surface area contributed by atoms with Gasteiger partial charge in [-0.15, -0.1) is 0 Å². The summed E-state index contributed by atoms with van der Waals surface area (Å²) in [4.78, 5) is 2.04. The van der Waals surface area contributed by atoms with Gasteiger partial charge in [0.05, 0.1) is 0 Å². The van der Waals surface area contributed by atoms with E-state index < -0.39 is 0 Å². The number of thiocarbonyl (C=S) groups is 1. The lowest BCUT2D eigenvalue weighted by Gasteiger charge is -2.44. The fourth-order valence-corrected chi connectivity index (χ4v) is 4.44. The first kappa shape index (κ1) is 15.1. The Morgan fingerprint density at radius 3 is 2.74 bits per heavy atom. The Morgan fingerprint density at radius 2 is 2.05 bits per heavy atom. The first-order chi connectivity index (χ1) is 9.11. The molecule has 2 aliphatic rings. The molecule has 0 aromatic carbocycles. The van der Waals surface area contributed by atoms with Crippen LogP contribution in [0, 0.1) is 23.7 Å². The standard InChI is InChI=1S/C16H30N2S/c1-3-12-7-8-13-5-4-6-14(15(13)11-12)9-10-18(2)16(17)19/h12-15H,3-11H2,1-2H3,(H2,17,19). The number of fused-ring (bicyclic) bond motifs is 1. The largest absolute Gasteiger partial charge is 0.376 e. The highest BCUT2D eigenvalue weighted by Gasteiger charge is 2.37. The molecule has 2 saturated carbocycles. The van der Waals surface area contributed by atoms with E-state index in [4.69, 9.17) is 18.0 Å². The predicted octanol–water partition coefficient (Wildman–Crippen LogP) is 3.79. The highest BCUT2D eigenvalue weighted by molar-refractivity contribution is 7.80.